The number of piperazine rings is 1. The molecule has 0 aromatic heterocycles. The van der Waals surface area contributed by atoms with Gasteiger partial charge in [0.05, 0.1) is 29.4 Å². The van der Waals surface area contributed by atoms with Crippen molar-refractivity contribution in [3.63, 3.8) is 0 Å². The van der Waals surface area contributed by atoms with Crippen LogP contribution < -0.4 is 4.90 Å². The highest BCUT2D eigenvalue weighted by Gasteiger charge is 2.31. The van der Waals surface area contributed by atoms with Crippen molar-refractivity contribution in [1.82, 2.24) is 9.21 Å². The fourth-order valence-electron chi connectivity index (χ4n) is 3.98. The van der Waals surface area contributed by atoms with Gasteiger partial charge in [0.15, 0.2) is 0 Å². The zero-order valence-electron chi connectivity index (χ0n) is 17.9. The second-order valence-corrected chi connectivity index (χ2v) is 10.4. The first-order chi connectivity index (χ1) is 15.4. The number of amides is 1. The Balaban J connectivity index is 1.54. The molecule has 0 saturated carbocycles. The average Bonchev–Trinajstić information content (AvgIpc) is 2.84. The molecule has 2 aliphatic rings. The third kappa shape index (κ3) is 4.63. The molecule has 2 aromatic rings. The summed E-state index contributed by atoms with van der Waals surface area (Å²) in [5, 5.41) is 0. The van der Waals surface area contributed by atoms with Crippen LogP contribution in [0.4, 0.5) is 10.1 Å². The maximum absolute atomic E-state index is 14.1. The summed E-state index contributed by atoms with van der Waals surface area (Å²) >= 11 is 1.41. The first kappa shape index (κ1) is 23.0. The highest BCUT2D eigenvalue weighted by atomic mass is 32.2. The largest absolute Gasteiger partial charge is 0.378 e. The second kappa shape index (κ2) is 9.78. The molecular formula is C22H26FN3O4S2. The normalized spacial score (nSPS) is 18.1. The van der Waals surface area contributed by atoms with Crippen molar-refractivity contribution in [3.05, 3.63) is 53.8 Å². The highest BCUT2D eigenvalue weighted by molar-refractivity contribution is 7.98. The predicted molar refractivity (Wildman–Crippen MR) is 122 cm³/mol. The lowest BCUT2D eigenvalue weighted by molar-refractivity contribution is 0.0300. The fraction of sp³-hybridized carbons (Fsp3) is 0.409. The monoisotopic (exact) mass is 479 g/mol. The molecule has 2 fully saturated rings. The molecule has 0 spiro atoms. The summed E-state index contributed by atoms with van der Waals surface area (Å²) in [6, 6.07) is 11.2. The molecule has 0 radical (unpaired) electrons. The van der Waals surface area contributed by atoms with E-state index in [-0.39, 0.29) is 29.7 Å². The van der Waals surface area contributed by atoms with Gasteiger partial charge in [-0.1, -0.05) is 12.1 Å². The Labute approximate surface area is 192 Å². The molecule has 0 N–H and O–H groups in total. The van der Waals surface area contributed by atoms with Gasteiger partial charge in [-0.05, 0) is 36.6 Å². The molecule has 2 aliphatic heterocycles. The summed E-state index contributed by atoms with van der Waals surface area (Å²) < 4.78 is 47.5. The molecule has 4 rings (SSSR count). The van der Waals surface area contributed by atoms with Gasteiger partial charge in [0.25, 0.3) is 5.91 Å². The van der Waals surface area contributed by atoms with Crippen molar-refractivity contribution in [2.45, 2.75) is 9.79 Å². The standard InChI is InChI=1S/C22H26FN3O4S2/c1-31-21-7-6-17(16-18(21)22(27)25-12-14-30-15-13-25)32(28,29)26-10-8-24(9-11-26)20-5-3-2-4-19(20)23/h2-7,16H,8-15H2,1H3. The number of halogens is 1. The molecule has 0 bridgehead atoms. The van der Waals surface area contributed by atoms with E-state index in [0.717, 1.165) is 4.90 Å². The van der Waals surface area contributed by atoms with Gasteiger partial charge in [0, 0.05) is 44.2 Å². The highest BCUT2D eigenvalue weighted by Crippen LogP contribution is 2.28. The molecule has 2 heterocycles. The molecule has 0 aliphatic carbocycles. The van der Waals surface area contributed by atoms with Crippen LogP contribution in [0.15, 0.2) is 52.3 Å². The Morgan fingerprint density at radius 2 is 1.69 bits per heavy atom. The maximum atomic E-state index is 14.1. The quantitative estimate of drug-likeness (QED) is 0.614. The summed E-state index contributed by atoms with van der Waals surface area (Å²) in [5.41, 5.74) is 0.873. The second-order valence-electron chi connectivity index (χ2n) is 7.61. The lowest BCUT2D eigenvalue weighted by Crippen LogP contribution is -2.49. The Morgan fingerprint density at radius 3 is 2.34 bits per heavy atom. The summed E-state index contributed by atoms with van der Waals surface area (Å²) in [7, 11) is -3.78. The van der Waals surface area contributed by atoms with Gasteiger partial charge < -0.3 is 14.5 Å². The van der Waals surface area contributed by atoms with E-state index in [2.05, 4.69) is 0 Å². The van der Waals surface area contributed by atoms with Gasteiger partial charge >= 0.3 is 0 Å². The number of ether oxygens (including phenoxy) is 1. The third-order valence-electron chi connectivity index (χ3n) is 5.77. The summed E-state index contributed by atoms with van der Waals surface area (Å²) in [4.78, 5) is 17.5. The number of hydrogen-bond acceptors (Lipinski definition) is 6. The van der Waals surface area contributed by atoms with E-state index >= 15 is 0 Å². The van der Waals surface area contributed by atoms with Crippen LogP contribution in [-0.4, -0.2) is 82.3 Å². The SMILES string of the molecule is CSc1ccc(S(=O)(=O)N2CCN(c3ccccc3F)CC2)cc1C(=O)N1CCOCC1. The van der Waals surface area contributed by atoms with Gasteiger partial charge in [-0.3, -0.25) is 4.79 Å². The van der Waals surface area contributed by atoms with Crippen LogP contribution in [0, 0.1) is 5.82 Å². The number of carbonyl (C=O) groups excluding carboxylic acids is 1. The van der Waals surface area contributed by atoms with Gasteiger partial charge in [-0.15, -0.1) is 11.8 Å². The fourth-order valence-corrected chi connectivity index (χ4v) is 6.00. The first-order valence-corrected chi connectivity index (χ1v) is 13.1. The first-order valence-electron chi connectivity index (χ1n) is 10.5. The van der Waals surface area contributed by atoms with Crippen molar-refractivity contribution < 1.29 is 22.3 Å². The molecule has 10 heteroatoms. The number of para-hydroxylation sites is 1. The molecular weight excluding hydrogens is 453 g/mol. The lowest BCUT2D eigenvalue weighted by Gasteiger charge is -2.35. The van der Waals surface area contributed by atoms with Crippen molar-refractivity contribution >= 4 is 33.4 Å². The van der Waals surface area contributed by atoms with Crippen LogP contribution in [0.1, 0.15) is 10.4 Å². The van der Waals surface area contributed by atoms with Gasteiger partial charge in [-0.2, -0.15) is 4.31 Å². The van der Waals surface area contributed by atoms with Crippen molar-refractivity contribution in [3.8, 4) is 0 Å². The Hall–Kier alpha value is -2.14. The molecule has 2 saturated heterocycles. The van der Waals surface area contributed by atoms with Crippen LogP contribution in [0.25, 0.3) is 0 Å². The minimum Gasteiger partial charge on any atom is -0.378 e. The molecule has 172 valence electrons. The molecule has 2 aromatic carbocycles. The van der Waals surface area contributed by atoms with E-state index in [4.69, 9.17) is 4.74 Å². The zero-order valence-corrected chi connectivity index (χ0v) is 19.5. The molecule has 1 amide bonds. The van der Waals surface area contributed by atoms with Crippen LogP contribution in [-0.2, 0) is 14.8 Å². The molecule has 0 unspecified atom stereocenters. The summed E-state index contributed by atoms with van der Waals surface area (Å²) in [6.07, 6.45) is 1.86. The maximum Gasteiger partial charge on any atom is 0.255 e. The van der Waals surface area contributed by atoms with E-state index in [1.807, 2.05) is 11.2 Å². The third-order valence-corrected chi connectivity index (χ3v) is 8.46. The summed E-state index contributed by atoms with van der Waals surface area (Å²) in [6.45, 7) is 3.20. The van der Waals surface area contributed by atoms with Crippen molar-refractivity contribution in [2.24, 2.45) is 0 Å². The lowest BCUT2D eigenvalue weighted by atomic mass is 10.2. The van der Waals surface area contributed by atoms with E-state index in [9.17, 15) is 17.6 Å². The van der Waals surface area contributed by atoms with Crippen LogP contribution in [0.2, 0.25) is 0 Å². The molecule has 32 heavy (non-hydrogen) atoms. The van der Waals surface area contributed by atoms with Crippen molar-refractivity contribution in [1.29, 1.82) is 0 Å². The predicted octanol–water partition coefficient (Wildman–Crippen LogP) is 2.53. The number of thioether (sulfide) groups is 1. The van der Waals surface area contributed by atoms with E-state index in [1.54, 1.807) is 35.2 Å². The summed E-state index contributed by atoms with van der Waals surface area (Å²) in [5.74, 6) is -0.498. The van der Waals surface area contributed by atoms with E-state index in [1.165, 1.54) is 28.2 Å². The number of hydrogen-bond donors (Lipinski definition) is 0. The number of benzene rings is 2. The smallest absolute Gasteiger partial charge is 0.255 e. The minimum atomic E-state index is -3.78. The Kier molecular flexibility index (Phi) is 7.04. The van der Waals surface area contributed by atoms with Gasteiger partial charge in [0.2, 0.25) is 10.0 Å². The van der Waals surface area contributed by atoms with Crippen LogP contribution in [0.5, 0.6) is 0 Å². The molecule has 0 atom stereocenters. The average molecular weight is 480 g/mol. The van der Waals surface area contributed by atoms with E-state index in [0.29, 0.717) is 50.6 Å². The van der Waals surface area contributed by atoms with Gasteiger partial charge in [0.1, 0.15) is 5.82 Å². The number of carbonyl (C=O) groups is 1. The number of morpholine rings is 1. The minimum absolute atomic E-state index is 0.103. The zero-order chi connectivity index (χ0) is 22.7. The Morgan fingerprint density at radius 1 is 1.00 bits per heavy atom. The Bertz CT molecular complexity index is 1080. The number of nitrogens with zero attached hydrogens (tertiary/aromatic N) is 3. The molecule has 7 nitrogen and oxygen atoms in total. The number of rotatable bonds is 5. The number of sulfonamides is 1. The van der Waals surface area contributed by atoms with Crippen LogP contribution in [0.3, 0.4) is 0 Å². The van der Waals surface area contributed by atoms with Gasteiger partial charge in [-0.25, -0.2) is 12.8 Å². The number of anilines is 1. The van der Waals surface area contributed by atoms with Crippen molar-refractivity contribution in [2.75, 3.05) is 63.6 Å². The topological polar surface area (TPSA) is 70.2 Å². The van der Waals surface area contributed by atoms with Crippen LogP contribution >= 0.6 is 11.8 Å². The van der Waals surface area contributed by atoms with E-state index < -0.39 is 10.0 Å².